The average Bonchev–Trinajstić information content (AvgIpc) is 2.98. The lowest BCUT2D eigenvalue weighted by Gasteiger charge is -2.22. The highest BCUT2D eigenvalue weighted by Gasteiger charge is 2.44. The Labute approximate surface area is 183 Å². The Balaban J connectivity index is 2.06. The van der Waals surface area contributed by atoms with Gasteiger partial charge in [-0.2, -0.15) is 0 Å². The molecule has 0 heterocycles. The number of benzene rings is 1. The van der Waals surface area contributed by atoms with Crippen molar-refractivity contribution in [3.05, 3.63) is 65.1 Å². The zero-order chi connectivity index (χ0) is 22.9. The van der Waals surface area contributed by atoms with Crippen LogP contribution in [0, 0.1) is 0 Å². The molecule has 0 radical (unpaired) electrons. The number of carbonyl (C=O) groups is 1. The second kappa shape index (κ2) is 11.4. The number of para-hydroxylation sites is 1. The molecule has 8 heteroatoms. The molecule has 7 nitrogen and oxygen atoms in total. The molecule has 2 atom stereocenters. The minimum Gasteiger partial charge on any atom is -0.494 e. The highest BCUT2D eigenvalue weighted by Crippen LogP contribution is 2.37. The van der Waals surface area contributed by atoms with Crippen molar-refractivity contribution in [2.45, 2.75) is 43.8 Å². The van der Waals surface area contributed by atoms with Gasteiger partial charge in [-0.3, -0.25) is 4.79 Å². The molecule has 3 N–H and O–H groups in total. The number of ether oxygens (including phenoxy) is 1. The Morgan fingerprint density at radius 1 is 1.16 bits per heavy atom. The first-order valence-corrected chi connectivity index (χ1v) is 12.1. The molecular formula is C23H30O7S. The number of aliphatic hydroxyl groups excluding tert-OH is 2. The van der Waals surface area contributed by atoms with Crippen LogP contribution in [0.2, 0.25) is 0 Å². The highest BCUT2D eigenvalue weighted by molar-refractivity contribution is 7.95. The van der Waals surface area contributed by atoms with E-state index in [2.05, 4.69) is 0 Å². The third-order valence-electron chi connectivity index (χ3n) is 4.92. The van der Waals surface area contributed by atoms with Gasteiger partial charge in [-0.25, -0.2) is 8.42 Å². The lowest BCUT2D eigenvalue weighted by Crippen LogP contribution is -2.28. The predicted molar refractivity (Wildman–Crippen MR) is 118 cm³/mol. The summed E-state index contributed by atoms with van der Waals surface area (Å²) in [4.78, 5) is 12.2. The predicted octanol–water partition coefficient (Wildman–Crippen LogP) is 2.09. The van der Waals surface area contributed by atoms with Crippen molar-refractivity contribution in [1.82, 2.24) is 0 Å². The minimum atomic E-state index is -3.80. The van der Waals surface area contributed by atoms with E-state index in [0.717, 1.165) is 18.1 Å². The summed E-state index contributed by atoms with van der Waals surface area (Å²) >= 11 is 0. The largest absolute Gasteiger partial charge is 0.494 e. The van der Waals surface area contributed by atoms with Gasteiger partial charge in [-0.05, 0) is 50.3 Å². The molecule has 1 aliphatic rings. The zero-order valence-corrected chi connectivity index (χ0v) is 18.4. The number of carbonyl (C=O) groups excluding carboxylic acids is 1. The van der Waals surface area contributed by atoms with E-state index in [9.17, 15) is 23.4 Å². The summed E-state index contributed by atoms with van der Waals surface area (Å²) < 4.78 is 29.6. The molecule has 170 valence electrons. The number of sulfone groups is 1. The fourth-order valence-electron chi connectivity index (χ4n) is 3.27. The summed E-state index contributed by atoms with van der Waals surface area (Å²) in [5.74, 6) is 0.00188. The normalized spacial score (nSPS) is 21.6. The van der Waals surface area contributed by atoms with Crippen LogP contribution >= 0.6 is 0 Å². The van der Waals surface area contributed by atoms with Crippen LogP contribution < -0.4 is 4.74 Å². The van der Waals surface area contributed by atoms with E-state index < -0.39 is 32.2 Å². The summed E-state index contributed by atoms with van der Waals surface area (Å²) in [6, 6.07) is 9.30. The van der Waals surface area contributed by atoms with Crippen molar-refractivity contribution < 1.29 is 33.3 Å². The summed E-state index contributed by atoms with van der Waals surface area (Å²) in [6.45, 7) is 0.381. The standard InChI is InChI=1S/C23H30O7S/c1-31(28,29)21-17-23(27,14-5-6-16-30-19-11-3-2-4-12-19)20(22(21)26)13-7-9-18(25)10-8-15-24/h2-4,7,9,11-13,17-18,24-25,27H,5-6,8,10,14-16H2,1H3/b9-7+,20-13+. The van der Waals surface area contributed by atoms with Crippen LogP contribution in [-0.2, 0) is 14.6 Å². The van der Waals surface area contributed by atoms with Crippen LogP contribution in [0.5, 0.6) is 5.75 Å². The monoisotopic (exact) mass is 450 g/mol. The molecule has 31 heavy (non-hydrogen) atoms. The zero-order valence-electron chi connectivity index (χ0n) is 17.6. The van der Waals surface area contributed by atoms with Gasteiger partial charge in [0.05, 0.1) is 12.7 Å². The van der Waals surface area contributed by atoms with E-state index in [1.54, 1.807) is 0 Å². The molecule has 0 aromatic heterocycles. The van der Waals surface area contributed by atoms with Crippen LogP contribution in [0.1, 0.15) is 32.1 Å². The van der Waals surface area contributed by atoms with Gasteiger partial charge in [-0.1, -0.05) is 36.4 Å². The fourth-order valence-corrected chi connectivity index (χ4v) is 4.13. The summed E-state index contributed by atoms with van der Waals surface area (Å²) in [6.07, 6.45) is 7.49. The number of ketones is 1. The molecule has 2 rings (SSSR count). The number of allylic oxidation sites excluding steroid dienone is 3. The molecule has 1 aromatic rings. The second-order valence-corrected chi connectivity index (χ2v) is 9.54. The highest BCUT2D eigenvalue weighted by atomic mass is 32.2. The average molecular weight is 451 g/mol. The van der Waals surface area contributed by atoms with Crippen molar-refractivity contribution in [2.24, 2.45) is 0 Å². The minimum absolute atomic E-state index is 0.0393. The lowest BCUT2D eigenvalue weighted by atomic mass is 9.90. The van der Waals surface area contributed by atoms with Crippen molar-refractivity contribution in [1.29, 1.82) is 0 Å². The van der Waals surface area contributed by atoms with Crippen molar-refractivity contribution >= 4 is 15.6 Å². The molecule has 0 saturated carbocycles. The van der Waals surface area contributed by atoms with Crippen molar-refractivity contribution in [3.8, 4) is 5.75 Å². The first-order valence-electron chi connectivity index (χ1n) is 10.2. The molecule has 0 bridgehead atoms. The molecular weight excluding hydrogens is 420 g/mol. The van der Waals surface area contributed by atoms with Crippen LogP contribution in [0.3, 0.4) is 0 Å². The number of unbranched alkanes of at least 4 members (excludes halogenated alkanes) is 1. The van der Waals surface area contributed by atoms with Gasteiger partial charge in [0.15, 0.2) is 9.84 Å². The Morgan fingerprint density at radius 2 is 1.87 bits per heavy atom. The van der Waals surface area contributed by atoms with Gasteiger partial charge < -0.3 is 20.1 Å². The maximum Gasteiger partial charge on any atom is 0.203 e. The van der Waals surface area contributed by atoms with E-state index in [4.69, 9.17) is 9.84 Å². The summed E-state index contributed by atoms with van der Waals surface area (Å²) in [5.41, 5.74) is -1.75. The maximum absolute atomic E-state index is 12.7. The van der Waals surface area contributed by atoms with Gasteiger partial charge in [-0.15, -0.1) is 0 Å². The number of aliphatic hydroxyl groups is 3. The second-order valence-electron chi connectivity index (χ2n) is 7.55. The first kappa shape index (κ1) is 25.0. The third kappa shape index (κ3) is 7.43. The van der Waals surface area contributed by atoms with E-state index in [-0.39, 0.29) is 18.6 Å². The van der Waals surface area contributed by atoms with Crippen molar-refractivity contribution in [3.63, 3.8) is 0 Å². The maximum atomic E-state index is 12.7. The molecule has 1 aliphatic carbocycles. The number of rotatable bonds is 12. The van der Waals surface area contributed by atoms with Gasteiger partial charge >= 0.3 is 0 Å². The molecule has 0 aliphatic heterocycles. The molecule has 0 saturated heterocycles. The number of hydrogen-bond acceptors (Lipinski definition) is 7. The Kier molecular flexibility index (Phi) is 9.18. The SMILES string of the molecule is CS(=O)(=O)C1=CC(O)(CCCCOc2ccccc2)/C(=C/C=C/C(O)CCCO)C1=O. The van der Waals surface area contributed by atoms with Crippen LogP contribution in [0.25, 0.3) is 0 Å². The van der Waals surface area contributed by atoms with E-state index in [1.807, 2.05) is 30.3 Å². The van der Waals surface area contributed by atoms with E-state index in [1.165, 1.54) is 18.2 Å². The van der Waals surface area contributed by atoms with Crippen LogP contribution in [0.4, 0.5) is 0 Å². The molecule has 0 amide bonds. The molecule has 2 unspecified atom stereocenters. The lowest BCUT2D eigenvalue weighted by molar-refractivity contribution is -0.112. The van der Waals surface area contributed by atoms with Crippen LogP contribution in [-0.4, -0.2) is 60.7 Å². The quantitative estimate of drug-likeness (QED) is 0.329. The van der Waals surface area contributed by atoms with Gasteiger partial charge in [0, 0.05) is 18.4 Å². The van der Waals surface area contributed by atoms with Crippen molar-refractivity contribution in [2.75, 3.05) is 19.5 Å². The van der Waals surface area contributed by atoms with E-state index in [0.29, 0.717) is 32.3 Å². The summed E-state index contributed by atoms with van der Waals surface area (Å²) in [7, 11) is -3.80. The first-order chi connectivity index (χ1) is 14.7. The smallest absolute Gasteiger partial charge is 0.203 e. The molecule has 0 fully saturated rings. The number of Topliss-reactive ketones (excluding diaryl/α,β-unsaturated/α-hetero) is 1. The Hall–Kier alpha value is -2.26. The van der Waals surface area contributed by atoms with Gasteiger partial charge in [0.2, 0.25) is 5.78 Å². The van der Waals surface area contributed by atoms with Crippen LogP contribution in [0.15, 0.2) is 65.1 Å². The Bertz CT molecular complexity index is 932. The fraction of sp³-hybridized carbons (Fsp3) is 0.435. The molecule has 0 spiro atoms. The van der Waals surface area contributed by atoms with Gasteiger partial charge in [0.1, 0.15) is 16.3 Å². The summed E-state index contributed by atoms with van der Waals surface area (Å²) in [5, 5.41) is 29.7. The van der Waals surface area contributed by atoms with Gasteiger partial charge in [0.25, 0.3) is 0 Å². The third-order valence-corrected chi connectivity index (χ3v) is 6.02. The molecule has 1 aromatic carbocycles. The Morgan fingerprint density at radius 3 is 2.52 bits per heavy atom. The topological polar surface area (TPSA) is 121 Å². The van der Waals surface area contributed by atoms with E-state index >= 15 is 0 Å². The number of hydrogen-bond donors (Lipinski definition) is 3.